The van der Waals surface area contributed by atoms with Crippen LogP contribution in [-0.2, 0) is 0 Å². The second-order valence-electron chi connectivity index (χ2n) is 2.57. The first kappa shape index (κ1) is 12.7. The van der Waals surface area contributed by atoms with Crippen LogP contribution in [0.1, 0.15) is 26.2 Å². The number of pyridine rings is 1. The summed E-state index contributed by atoms with van der Waals surface area (Å²) in [7, 11) is 0. The molecule has 0 fully saturated rings. The molecule has 1 nitrogen and oxygen atoms in total. The third-order valence-corrected chi connectivity index (χ3v) is 1.85. The Labute approximate surface area is 90.1 Å². The molecule has 0 radical (unpaired) electrons. The standard InChI is InChI=1S/C5H4ClN.C5H11Cl/c6-5-2-1-3-7-4-5;1-2-3-4-5-6/h1-4H;2-5H2,1H3. The van der Waals surface area contributed by atoms with Crippen LogP contribution in [0.25, 0.3) is 0 Å². The van der Waals surface area contributed by atoms with Gasteiger partial charge in [0.2, 0.25) is 0 Å². The zero-order valence-electron chi connectivity index (χ0n) is 7.84. The van der Waals surface area contributed by atoms with E-state index in [1.54, 1.807) is 24.5 Å². The summed E-state index contributed by atoms with van der Waals surface area (Å²) in [6.07, 6.45) is 7.02. The van der Waals surface area contributed by atoms with Crippen molar-refractivity contribution in [2.24, 2.45) is 0 Å². The van der Waals surface area contributed by atoms with Crippen LogP contribution < -0.4 is 0 Å². The minimum absolute atomic E-state index is 0.683. The molecular formula is C10H15Cl2N. The molecule has 0 bridgehead atoms. The summed E-state index contributed by atoms with van der Waals surface area (Å²) < 4.78 is 0. The molecule has 0 atom stereocenters. The van der Waals surface area contributed by atoms with E-state index in [1.807, 2.05) is 0 Å². The van der Waals surface area contributed by atoms with Gasteiger partial charge in [0, 0.05) is 18.3 Å². The van der Waals surface area contributed by atoms with E-state index in [0.29, 0.717) is 5.02 Å². The van der Waals surface area contributed by atoms with Gasteiger partial charge in [-0.25, -0.2) is 0 Å². The number of nitrogens with zero attached hydrogens (tertiary/aromatic N) is 1. The molecule has 1 aromatic heterocycles. The van der Waals surface area contributed by atoms with Crippen LogP contribution in [0.3, 0.4) is 0 Å². The first-order chi connectivity index (χ1) is 6.31. The third-order valence-electron chi connectivity index (χ3n) is 1.36. The molecule has 74 valence electrons. The maximum Gasteiger partial charge on any atom is 0.0589 e. The van der Waals surface area contributed by atoms with Gasteiger partial charge in [0.15, 0.2) is 0 Å². The fraction of sp³-hybridized carbons (Fsp3) is 0.500. The fourth-order valence-corrected chi connectivity index (χ4v) is 1.00. The number of hydrogen-bond donors (Lipinski definition) is 0. The van der Waals surface area contributed by atoms with E-state index in [4.69, 9.17) is 23.2 Å². The molecule has 0 aliphatic carbocycles. The zero-order chi connectivity index (χ0) is 9.94. The van der Waals surface area contributed by atoms with Gasteiger partial charge in [-0.1, -0.05) is 31.4 Å². The van der Waals surface area contributed by atoms with Crippen molar-refractivity contribution in [2.45, 2.75) is 26.2 Å². The van der Waals surface area contributed by atoms with Crippen molar-refractivity contribution >= 4 is 23.2 Å². The van der Waals surface area contributed by atoms with Gasteiger partial charge in [-0.15, -0.1) is 11.6 Å². The van der Waals surface area contributed by atoms with Crippen molar-refractivity contribution < 1.29 is 0 Å². The molecule has 0 aliphatic heterocycles. The maximum atomic E-state index is 5.48. The molecule has 1 aromatic rings. The van der Waals surface area contributed by atoms with Crippen LogP contribution >= 0.6 is 23.2 Å². The lowest BCUT2D eigenvalue weighted by Crippen LogP contribution is -1.70. The van der Waals surface area contributed by atoms with Gasteiger partial charge in [0.1, 0.15) is 0 Å². The summed E-state index contributed by atoms with van der Waals surface area (Å²) in [5.41, 5.74) is 0. The average Bonchev–Trinajstić information content (AvgIpc) is 2.17. The lowest BCUT2D eigenvalue weighted by atomic mass is 10.3. The highest BCUT2D eigenvalue weighted by Crippen LogP contribution is 2.01. The molecule has 0 unspecified atom stereocenters. The third kappa shape index (κ3) is 9.65. The molecule has 3 heteroatoms. The number of unbranched alkanes of at least 4 members (excludes halogenated alkanes) is 2. The maximum absolute atomic E-state index is 5.48. The van der Waals surface area contributed by atoms with E-state index in [9.17, 15) is 0 Å². The summed E-state index contributed by atoms with van der Waals surface area (Å²) in [6, 6.07) is 3.58. The lowest BCUT2D eigenvalue weighted by molar-refractivity contribution is 0.776. The second-order valence-corrected chi connectivity index (χ2v) is 3.38. The molecule has 0 saturated carbocycles. The number of rotatable bonds is 3. The number of aromatic nitrogens is 1. The van der Waals surface area contributed by atoms with E-state index in [2.05, 4.69) is 11.9 Å². The quantitative estimate of drug-likeness (QED) is 0.550. The predicted octanol–water partition coefficient (Wildman–Crippen LogP) is 4.15. The molecule has 1 heterocycles. The highest BCUT2D eigenvalue weighted by Gasteiger charge is 1.77. The van der Waals surface area contributed by atoms with Gasteiger partial charge in [-0.3, -0.25) is 4.98 Å². The van der Waals surface area contributed by atoms with Crippen molar-refractivity contribution in [3.8, 4) is 0 Å². The molecule has 1 rings (SSSR count). The summed E-state index contributed by atoms with van der Waals surface area (Å²) in [6.45, 7) is 2.17. The number of halogens is 2. The van der Waals surface area contributed by atoms with Crippen molar-refractivity contribution in [1.82, 2.24) is 4.98 Å². The van der Waals surface area contributed by atoms with Crippen LogP contribution in [0, 0.1) is 0 Å². The van der Waals surface area contributed by atoms with Gasteiger partial charge in [-0.05, 0) is 18.6 Å². The Bertz CT molecular complexity index is 185. The van der Waals surface area contributed by atoms with E-state index in [0.717, 1.165) is 5.88 Å². The summed E-state index contributed by atoms with van der Waals surface area (Å²) in [5.74, 6) is 0.827. The fourth-order valence-electron chi connectivity index (χ4n) is 0.686. The Hall–Kier alpha value is -0.270. The Morgan fingerprint density at radius 3 is 2.38 bits per heavy atom. The zero-order valence-corrected chi connectivity index (χ0v) is 9.35. The lowest BCUT2D eigenvalue weighted by Gasteiger charge is -1.84. The van der Waals surface area contributed by atoms with Gasteiger partial charge in [0.05, 0.1) is 5.02 Å². The van der Waals surface area contributed by atoms with Crippen LogP contribution in [0.15, 0.2) is 24.5 Å². The van der Waals surface area contributed by atoms with E-state index in [-0.39, 0.29) is 0 Å². The van der Waals surface area contributed by atoms with Gasteiger partial charge in [0.25, 0.3) is 0 Å². The van der Waals surface area contributed by atoms with Crippen molar-refractivity contribution in [1.29, 1.82) is 0 Å². The van der Waals surface area contributed by atoms with Crippen LogP contribution in [0.2, 0.25) is 5.02 Å². The van der Waals surface area contributed by atoms with Crippen LogP contribution in [0.4, 0.5) is 0 Å². The first-order valence-electron chi connectivity index (χ1n) is 4.42. The van der Waals surface area contributed by atoms with Gasteiger partial charge in [-0.2, -0.15) is 0 Å². The molecular weight excluding hydrogens is 205 g/mol. The smallest absolute Gasteiger partial charge is 0.0589 e. The minimum atomic E-state index is 0.683. The Balaban J connectivity index is 0.000000226. The van der Waals surface area contributed by atoms with Crippen molar-refractivity contribution in [3.63, 3.8) is 0 Å². The molecule has 0 N–H and O–H groups in total. The summed E-state index contributed by atoms with van der Waals surface area (Å²) in [5, 5.41) is 0.683. The summed E-state index contributed by atoms with van der Waals surface area (Å²) in [4.78, 5) is 3.75. The normalized spacial score (nSPS) is 8.85. The Morgan fingerprint density at radius 1 is 1.38 bits per heavy atom. The Morgan fingerprint density at radius 2 is 2.15 bits per heavy atom. The van der Waals surface area contributed by atoms with Crippen molar-refractivity contribution in [3.05, 3.63) is 29.5 Å². The molecule has 13 heavy (non-hydrogen) atoms. The molecule has 0 spiro atoms. The molecule has 0 amide bonds. The van der Waals surface area contributed by atoms with Gasteiger partial charge < -0.3 is 0 Å². The van der Waals surface area contributed by atoms with Crippen molar-refractivity contribution in [2.75, 3.05) is 5.88 Å². The highest BCUT2D eigenvalue weighted by atomic mass is 35.5. The second kappa shape index (κ2) is 9.82. The van der Waals surface area contributed by atoms with Crippen LogP contribution in [0.5, 0.6) is 0 Å². The number of alkyl halides is 1. The van der Waals surface area contributed by atoms with E-state index >= 15 is 0 Å². The molecule has 0 saturated heterocycles. The predicted molar refractivity (Wildman–Crippen MR) is 59.5 cm³/mol. The van der Waals surface area contributed by atoms with E-state index < -0.39 is 0 Å². The highest BCUT2D eigenvalue weighted by molar-refractivity contribution is 6.30. The number of hydrogen-bond acceptors (Lipinski definition) is 1. The average molecular weight is 220 g/mol. The first-order valence-corrected chi connectivity index (χ1v) is 5.34. The molecule has 0 aromatic carbocycles. The summed E-state index contributed by atoms with van der Waals surface area (Å²) >= 11 is 10.9. The largest absolute Gasteiger partial charge is 0.263 e. The SMILES string of the molecule is CCCCCCl.Clc1cccnc1. The Kier molecular flexibility index (Phi) is 9.61. The molecule has 0 aliphatic rings. The minimum Gasteiger partial charge on any atom is -0.263 e. The van der Waals surface area contributed by atoms with E-state index in [1.165, 1.54) is 19.3 Å². The topological polar surface area (TPSA) is 12.9 Å². The van der Waals surface area contributed by atoms with Gasteiger partial charge >= 0.3 is 0 Å². The monoisotopic (exact) mass is 219 g/mol. The van der Waals surface area contributed by atoms with Crippen LogP contribution in [-0.4, -0.2) is 10.9 Å².